The largest absolute Gasteiger partial charge is 0.352 e. The molecule has 0 bridgehead atoms. The summed E-state index contributed by atoms with van der Waals surface area (Å²) in [6, 6.07) is 12.1. The van der Waals surface area contributed by atoms with E-state index in [1.807, 2.05) is 18.2 Å². The Morgan fingerprint density at radius 2 is 1.85 bits per heavy atom. The molecule has 0 atom stereocenters. The van der Waals surface area contributed by atoms with Crippen molar-refractivity contribution in [3.63, 3.8) is 0 Å². The summed E-state index contributed by atoms with van der Waals surface area (Å²) in [6.45, 7) is 1.19. The highest BCUT2D eigenvalue weighted by Crippen LogP contribution is 2.01. The maximum atomic E-state index is 12.8. The fraction of sp³-hybridized carbons (Fsp3) is 0.200. The van der Waals surface area contributed by atoms with Gasteiger partial charge in [-0.05, 0) is 29.8 Å². The zero-order valence-corrected chi connectivity index (χ0v) is 11.3. The monoisotopic (exact) mass is 272 g/mol. The predicted molar refractivity (Wildman–Crippen MR) is 77.7 cm³/mol. The van der Waals surface area contributed by atoms with Crippen molar-refractivity contribution in [1.29, 1.82) is 0 Å². The van der Waals surface area contributed by atoms with E-state index in [0.29, 0.717) is 19.0 Å². The molecule has 0 radical (unpaired) electrons. The number of guanidine groups is 1. The van der Waals surface area contributed by atoms with Crippen LogP contribution in [0.15, 0.2) is 53.7 Å². The quantitative estimate of drug-likeness (QED) is 0.662. The Morgan fingerprint density at radius 1 is 1.10 bits per heavy atom. The summed E-state index contributed by atoms with van der Waals surface area (Å²) in [4.78, 5) is 8.35. The first-order chi connectivity index (χ1) is 9.78. The summed E-state index contributed by atoms with van der Waals surface area (Å²) < 4.78 is 12.8. The number of hydrogen-bond donors (Lipinski definition) is 2. The molecule has 2 rings (SSSR count). The fourth-order valence-corrected chi connectivity index (χ4v) is 1.69. The number of aromatic nitrogens is 1. The van der Waals surface area contributed by atoms with Gasteiger partial charge in [0, 0.05) is 19.8 Å². The number of nitrogens with one attached hydrogen (secondary N) is 2. The van der Waals surface area contributed by atoms with Crippen LogP contribution < -0.4 is 10.6 Å². The molecule has 0 fully saturated rings. The van der Waals surface area contributed by atoms with Crippen LogP contribution >= 0.6 is 0 Å². The Balaban J connectivity index is 1.82. The Labute approximate surface area is 117 Å². The molecule has 0 aliphatic heterocycles. The second-order valence-electron chi connectivity index (χ2n) is 4.23. The van der Waals surface area contributed by atoms with Crippen molar-refractivity contribution in [3.8, 4) is 0 Å². The lowest BCUT2D eigenvalue weighted by molar-refractivity contribution is 0.626. The molecule has 2 aromatic rings. The lowest BCUT2D eigenvalue weighted by Crippen LogP contribution is -2.36. The molecule has 1 aromatic heterocycles. The van der Waals surface area contributed by atoms with E-state index in [4.69, 9.17) is 0 Å². The minimum atomic E-state index is -0.230. The van der Waals surface area contributed by atoms with E-state index in [1.54, 1.807) is 25.4 Å². The average Bonchev–Trinajstić information content (AvgIpc) is 2.50. The Kier molecular flexibility index (Phi) is 5.06. The van der Waals surface area contributed by atoms with Crippen molar-refractivity contribution in [2.45, 2.75) is 13.1 Å². The van der Waals surface area contributed by atoms with Gasteiger partial charge in [-0.15, -0.1) is 0 Å². The summed E-state index contributed by atoms with van der Waals surface area (Å²) in [7, 11) is 1.71. The topological polar surface area (TPSA) is 49.3 Å². The molecule has 5 heteroatoms. The van der Waals surface area contributed by atoms with Gasteiger partial charge in [0.25, 0.3) is 0 Å². The van der Waals surface area contributed by atoms with E-state index < -0.39 is 0 Å². The van der Waals surface area contributed by atoms with Crippen molar-refractivity contribution >= 4 is 5.96 Å². The molecule has 0 unspecified atom stereocenters. The summed E-state index contributed by atoms with van der Waals surface area (Å²) in [6.07, 6.45) is 1.76. The number of aliphatic imine (C=N–C) groups is 1. The van der Waals surface area contributed by atoms with Crippen molar-refractivity contribution in [2.24, 2.45) is 4.99 Å². The zero-order chi connectivity index (χ0) is 14.2. The first-order valence-corrected chi connectivity index (χ1v) is 6.37. The standard InChI is InChI=1S/C15H17FN4/c1-17-15(20-11-14-4-2-3-9-18-14)19-10-12-5-7-13(16)8-6-12/h2-9H,10-11H2,1H3,(H2,17,19,20). The molecule has 0 spiro atoms. The van der Waals surface area contributed by atoms with Gasteiger partial charge in [0.1, 0.15) is 5.82 Å². The van der Waals surface area contributed by atoms with Crippen molar-refractivity contribution in [3.05, 3.63) is 65.7 Å². The summed E-state index contributed by atoms with van der Waals surface area (Å²) in [5.74, 6) is 0.450. The average molecular weight is 272 g/mol. The smallest absolute Gasteiger partial charge is 0.191 e. The van der Waals surface area contributed by atoms with Crippen LogP contribution in [0.2, 0.25) is 0 Å². The van der Waals surface area contributed by atoms with E-state index >= 15 is 0 Å². The molecule has 4 nitrogen and oxygen atoms in total. The fourth-order valence-electron chi connectivity index (χ4n) is 1.69. The minimum absolute atomic E-state index is 0.230. The first kappa shape index (κ1) is 14.0. The molecule has 20 heavy (non-hydrogen) atoms. The summed E-state index contributed by atoms with van der Waals surface area (Å²) in [5.41, 5.74) is 1.93. The molecule has 2 N–H and O–H groups in total. The van der Waals surface area contributed by atoms with E-state index in [1.165, 1.54) is 12.1 Å². The van der Waals surface area contributed by atoms with Gasteiger partial charge in [0.05, 0.1) is 12.2 Å². The number of nitrogens with zero attached hydrogens (tertiary/aromatic N) is 2. The van der Waals surface area contributed by atoms with Crippen LogP contribution in [0.4, 0.5) is 4.39 Å². The lowest BCUT2D eigenvalue weighted by Gasteiger charge is -2.11. The van der Waals surface area contributed by atoms with Crippen LogP contribution in [0.25, 0.3) is 0 Å². The van der Waals surface area contributed by atoms with E-state index in [0.717, 1.165) is 11.3 Å². The van der Waals surface area contributed by atoms with Gasteiger partial charge in [0.2, 0.25) is 0 Å². The number of pyridine rings is 1. The highest BCUT2D eigenvalue weighted by molar-refractivity contribution is 5.79. The summed E-state index contributed by atoms with van der Waals surface area (Å²) >= 11 is 0. The van der Waals surface area contributed by atoms with Gasteiger partial charge in [-0.25, -0.2) is 4.39 Å². The molecular weight excluding hydrogens is 255 g/mol. The maximum absolute atomic E-state index is 12.8. The third-order valence-electron chi connectivity index (χ3n) is 2.76. The van der Waals surface area contributed by atoms with Gasteiger partial charge in [-0.1, -0.05) is 18.2 Å². The van der Waals surface area contributed by atoms with Crippen LogP contribution in [-0.2, 0) is 13.1 Å². The van der Waals surface area contributed by atoms with E-state index in [-0.39, 0.29) is 5.82 Å². The van der Waals surface area contributed by atoms with Gasteiger partial charge >= 0.3 is 0 Å². The van der Waals surface area contributed by atoms with Gasteiger partial charge in [0.15, 0.2) is 5.96 Å². The molecule has 0 amide bonds. The van der Waals surface area contributed by atoms with Gasteiger partial charge < -0.3 is 10.6 Å². The van der Waals surface area contributed by atoms with Gasteiger partial charge in [-0.2, -0.15) is 0 Å². The SMILES string of the molecule is CN=C(NCc1ccc(F)cc1)NCc1ccccn1. The Bertz CT molecular complexity index is 552. The van der Waals surface area contributed by atoms with Crippen LogP contribution in [0.1, 0.15) is 11.3 Å². The van der Waals surface area contributed by atoms with Crippen molar-refractivity contribution in [2.75, 3.05) is 7.05 Å². The third kappa shape index (κ3) is 4.35. The zero-order valence-electron chi connectivity index (χ0n) is 11.3. The number of halogens is 1. The molecular formula is C15H17FN4. The van der Waals surface area contributed by atoms with E-state index in [2.05, 4.69) is 20.6 Å². The number of benzene rings is 1. The number of rotatable bonds is 4. The number of hydrogen-bond acceptors (Lipinski definition) is 2. The predicted octanol–water partition coefficient (Wildman–Crippen LogP) is 2.09. The first-order valence-electron chi connectivity index (χ1n) is 6.37. The molecule has 0 aliphatic rings. The van der Waals surface area contributed by atoms with Crippen LogP contribution in [0, 0.1) is 5.82 Å². The lowest BCUT2D eigenvalue weighted by atomic mass is 10.2. The molecule has 1 heterocycles. The van der Waals surface area contributed by atoms with Crippen LogP contribution in [-0.4, -0.2) is 18.0 Å². The minimum Gasteiger partial charge on any atom is -0.352 e. The highest BCUT2D eigenvalue weighted by Gasteiger charge is 1.99. The van der Waals surface area contributed by atoms with Crippen LogP contribution in [0.3, 0.4) is 0 Å². The normalized spacial score (nSPS) is 11.2. The second kappa shape index (κ2) is 7.23. The molecule has 0 saturated carbocycles. The Hall–Kier alpha value is -2.43. The Morgan fingerprint density at radius 3 is 2.50 bits per heavy atom. The van der Waals surface area contributed by atoms with Gasteiger partial charge in [-0.3, -0.25) is 9.98 Å². The van der Waals surface area contributed by atoms with E-state index in [9.17, 15) is 4.39 Å². The molecule has 104 valence electrons. The molecule has 1 aromatic carbocycles. The third-order valence-corrected chi connectivity index (χ3v) is 2.76. The summed E-state index contributed by atoms with van der Waals surface area (Å²) in [5, 5.41) is 6.33. The van der Waals surface area contributed by atoms with Crippen LogP contribution in [0.5, 0.6) is 0 Å². The van der Waals surface area contributed by atoms with Crippen molar-refractivity contribution in [1.82, 2.24) is 15.6 Å². The molecule has 0 saturated heterocycles. The maximum Gasteiger partial charge on any atom is 0.191 e. The van der Waals surface area contributed by atoms with Crippen molar-refractivity contribution < 1.29 is 4.39 Å². The highest BCUT2D eigenvalue weighted by atomic mass is 19.1. The second-order valence-corrected chi connectivity index (χ2v) is 4.23. The molecule has 0 aliphatic carbocycles.